The molecule has 3 N–H and O–H groups in total. The monoisotopic (exact) mass is 428 g/mol. The number of rotatable bonds is 5. The number of carbonyl (C=O) groups is 1. The van der Waals surface area contributed by atoms with Crippen LogP contribution in [0.2, 0.25) is 0 Å². The number of carbonyl (C=O) groups excluding carboxylic acids is 1. The molecule has 132 valence electrons. The van der Waals surface area contributed by atoms with E-state index in [1.807, 2.05) is 34.6 Å². The van der Waals surface area contributed by atoms with Crippen LogP contribution in [-0.2, 0) is 4.74 Å². The van der Waals surface area contributed by atoms with Crippen molar-refractivity contribution >= 4 is 36.0 Å². The van der Waals surface area contributed by atoms with E-state index in [0.717, 1.165) is 12.5 Å². The van der Waals surface area contributed by atoms with Gasteiger partial charge in [-0.05, 0) is 40.5 Å². The molecule has 0 fully saturated rings. The summed E-state index contributed by atoms with van der Waals surface area (Å²) in [6.07, 6.45) is -0.417. The molecule has 22 heavy (non-hydrogen) atoms. The van der Waals surface area contributed by atoms with Gasteiger partial charge in [-0.1, -0.05) is 13.8 Å². The standard InChI is InChI=1S/C15H32N4O2.HI/c1-11(2)9-17-12(16-8)18-10-15(6,7)19-13(20)21-14(3,4)5;/h11H,9-10H2,1-8H3,(H,19,20)(H2,16,17,18);1H. The third-order valence-corrected chi connectivity index (χ3v) is 2.44. The summed E-state index contributed by atoms with van der Waals surface area (Å²) in [5, 5.41) is 9.28. The maximum Gasteiger partial charge on any atom is 0.408 e. The first kappa shape index (κ1) is 23.5. The second-order valence-corrected chi connectivity index (χ2v) is 7.21. The van der Waals surface area contributed by atoms with Crippen molar-refractivity contribution in [2.75, 3.05) is 20.1 Å². The average Bonchev–Trinajstić information content (AvgIpc) is 2.25. The van der Waals surface area contributed by atoms with Crippen LogP contribution in [0, 0.1) is 5.92 Å². The van der Waals surface area contributed by atoms with E-state index < -0.39 is 17.2 Å². The topological polar surface area (TPSA) is 74.8 Å². The van der Waals surface area contributed by atoms with E-state index in [4.69, 9.17) is 4.74 Å². The number of amides is 1. The van der Waals surface area contributed by atoms with E-state index >= 15 is 0 Å². The Hall–Kier alpha value is -0.730. The van der Waals surface area contributed by atoms with Gasteiger partial charge in [0.05, 0.1) is 5.54 Å². The molecular formula is C15H33IN4O2. The van der Waals surface area contributed by atoms with Gasteiger partial charge in [0.1, 0.15) is 5.60 Å². The minimum atomic E-state index is -0.498. The number of ether oxygens (including phenoxy) is 1. The molecular weight excluding hydrogens is 395 g/mol. The zero-order valence-corrected chi connectivity index (χ0v) is 17.5. The molecule has 1 amide bonds. The Balaban J connectivity index is 0. The Bertz CT molecular complexity index is 363. The fraction of sp³-hybridized carbons (Fsp3) is 0.867. The summed E-state index contributed by atoms with van der Waals surface area (Å²) in [5.74, 6) is 1.26. The molecule has 0 rings (SSSR count). The van der Waals surface area contributed by atoms with Crippen LogP contribution in [0.3, 0.4) is 0 Å². The summed E-state index contributed by atoms with van der Waals surface area (Å²) >= 11 is 0. The van der Waals surface area contributed by atoms with Gasteiger partial charge < -0.3 is 20.7 Å². The Morgan fingerprint density at radius 3 is 2.09 bits per heavy atom. The molecule has 0 aromatic heterocycles. The molecule has 0 saturated heterocycles. The molecule has 0 saturated carbocycles. The zero-order chi connectivity index (χ0) is 16.7. The van der Waals surface area contributed by atoms with E-state index in [-0.39, 0.29) is 24.0 Å². The average molecular weight is 428 g/mol. The first-order chi connectivity index (χ1) is 9.45. The number of hydrogen-bond donors (Lipinski definition) is 3. The summed E-state index contributed by atoms with van der Waals surface area (Å²) in [5.41, 5.74) is -0.944. The van der Waals surface area contributed by atoms with Gasteiger partial charge in [0.15, 0.2) is 5.96 Å². The Morgan fingerprint density at radius 2 is 1.68 bits per heavy atom. The van der Waals surface area contributed by atoms with Crippen molar-refractivity contribution in [3.05, 3.63) is 0 Å². The normalized spacial score (nSPS) is 12.5. The fourth-order valence-corrected chi connectivity index (χ4v) is 1.45. The van der Waals surface area contributed by atoms with Crippen molar-refractivity contribution < 1.29 is 9.53 Å². The predicted octanol–water partition coefficient (Wildman–Crippen LogP) is 2.73. The molecule has 0 atom stereocenters. The molecule has 7 heteroatoms. The van der Waals surface area contributed by atoms with Crippen LogP contribution in [0.1, 0.15) is 48.5 Å². The molecule has 0 heterocycles. The third kappa shape index (κ3) is 13.0. The summed E-state index contributed by atoms with van der Waals surface area (Å²) in [7, 11) is 1.73. The van der Waals surface area contributed by atoms with Crippen LogP contribution in [-0.4, -0.2) is 43.3 Å². The highest BCUT2D eigenvalue weighted by atomic mass is 127. The van der Waals surface area contributed by atoms with Crippen molar-refractivity contribution in [3.63, 3.8) is 0 Å². The largest absolute Gasteiger partial charge is 0.444 e. The number of hydrogen-bond acceptors (Lipinski definition) is 3. The van der Waals surface area contributed by atoms with Crippen LogP contribution in [0.5, 0.6) is 0 Å². The number of halogens is 1. The van der Waals surface area contributed by atoms with E-state index in [0.29, 0.717) is 12.5 Å². The summed E-state index contributed by atoms with van der Waals surface area (Å²) in [4.78, 5) is 15.9. The van der Waals surface area contributed by atoms with E-state index in [1.54, 1.807) is 7.05 Å². The van der Waals surface area contributed by atoms with Crippen LogP contribution >= 0.6 is 24.0 Å². The molecule has 0 spiro atoms. The van der Waals surface area contributed by atoms with Crippen molar-refractivity contribution in [1.29, 1.82) is 0 Å². The van der Waals surface area contributed by atoms with Gasteiger partial charge in [0, 0.05) is 20.1 Å². The maximum atomic E-state index is 11.8. The highest BCUT2D eigenvalue weighted by Gasteiger charge is 2.24. The van der Waals surface area contributed by atoms with Gasteiger partial charge >= 0.3 is 6.09 Å². The zero-order valence-electron chi connectivity index (χ0n) is 15.2. The lowest BCUT2D eigenvalue weighted by Gasteiger charge is -2.29. The number of nitrogens with one attached hydrogen (secondary N) is 3. The number of nitrogens with zero attached hydrogens (tertiary/aromatic N) is 1. The van der Waals surface area contributed by atoms with Gasteiger partial charge in [-0.2, -0.15) is 0 Å². The molecule has 0 bridgehead atoms. The molecule has 0 aliphatic carbocycles. The number of alkyl carbamates (subject to hydrolysis) is 1. The summed E-state index contributed by atoms with van der Waals surface area (Å²) < 4.78 is 5.26. The lowest BCUT2D eigenvalue weighted by Crippen LogP contribution is -2.54. The van der Waals surface area contributed by atoms with Crippen molar-refractivity contribution in [3.8, 4) is 0 Å². The molecule has 0 unspecified atom stereocenters. The highest BCUT2D eigenvalue weighted by Crippen LogP contribution is 2.09. The van der Waals surface area contributed by atoms with Crippen molar-refractivity contribution in [1.82, 2.24) is 16.0 Å². The second-order valence-electron chi connectivity index (χ2n) is 7.21. The van der Waals surface area contributed by atoms with Gasteiger partial charge in [-0.3, -0.25) is 4.99 Å². The molecule has 6 nitrogen and oxygen atoms in total. The summed E-state index contributed by atoms with van der Waals surface area (Å²) in [6.45, 7) is 15.0. The SMILES string of the molecule is CN=C(NCC(C)C)NCC(C)(C)NC(=O)OC(C)(C)C.I. The lowest BCUT2D eigenvalue weighted by molar-refractivity contribution is 0.0474. The van der Waals surface area contributed by atoms with Gasteiger partial charge in [-0.25, -0.2) is 4.79 Å². The Kier molecular flexibility index (Phi) is 10.8. The first-order valence-electron chi connectivity index (χ1n) is 7.41. The van der Waals surface area contributed by atoms with Crippen molar-refractivity contribution in [2.24, 2.45) is 10.9 Å². The quantitative estimate of drug-likeness (QED) is 0.358. The van der Waals surface area contributed by atoms with E-state index in [2.05, 4.69) is 34.8 Å². The van der Waals surface area contributed by atoms with Gasteiger partial charge in [0.2, 0.25) is 0 Å². The number of guanidine groups is 1. The molecule has 0 aliphatic heterocycles. The maximum absolute atomic E-state index is 11.8. The van der Waals surface area contributed by atoms with Crippen LogP contribution < -0.4 is 16.0 Å². The predicted molar refractivity (Wildman–Crippen MR) is 103 cm³/mol. The van der Waals surface area contributed by atoms with Crippen LogP contribution in [0.25, 0.3) is 0 Å². The minimum Gasteiger partial charge on any atom is -0.444 e. The van der Waals surface area contributed by atoms with E-state index in [1.165, 1.54) is 0 Å². The Labute approximate surface area is 152 Å². The molecule has 0 aromatic rings. The Morgan fingerprint density at radius 1 is 1.14 bits per heavy atom. The van der Waals surface area contributed by atoms with Crippen LogP contribution in [0.15, 0.2) is 4.99 Å². The van der Waals surface area contributed by atoms with Crippen molar-refractivity contribution in [2.45, 2.75) is 59.6 Å². The minimum absolute atomic E-state index is 0. The molecule has 0 aromatic carbocycles. The second kappa shape index (κ2) is 10.1. The van der Waals surface area contributed by atoms with Gasteiger partial charge in [-0.15, -0.1) is 24.0 Å². The smallest absolute Gasteiger partial charge is 0.408 e. The molecule has 0 aliphatic rings. The highest BCUT2D eigenvalue weighted by molar-refractivity contribution is 14.0. The fourth-order valence-electron chi connectivity index (χ4n) is 1.45. The summed E-state index contributed by atoms with van der Waals surface area (Å²) in [6, 6.07) is 0. The molecule has 0 radical (unpaired) electrons. The van der Waals surface area contributed by atoms with Gasteiger partial charge in [0.25, 0.3) is 0 Å². The lowest BCUT2D eigenvalue weighted by atomic mass is 10.1. The first-order valence-corrected chi connectivity index (χ1v) is 7.41. The third-order valence-electron chi connectivity index (χ3n) is 2.44. The van der Waals surface area contributed by atoms with E-state index in [9.17, 15) is 4.79 Å². The number of aliphatic imine (C=N–C) groups is 1. The van der Waals surface area contributed by atoms with Crippen LogP contribution in [0.4, 0.5) is 4.79 Å².